The Morgan fingerprint density at radius 2 is 1.85 bits per heavy atom. The molecule has 1 aliphatic rings. The van der Waals surface area contributed by atoms with E-state index in [1.807, 2.05) is 14.1 Å². The molecule has 0 aliphatic heterocycles. The Morgan fingerprint density at radius 3 is 2.52 bits per heavy atom. The third-order valence-corrected chi connectivity index (χ3v) is 7.84. The van der Waals surface area contributed by atoms with Crippen molar-refractivity contribution in [2.75, 3.05) is 39.5 Å². The van der Waals surface area contributed by atoms with Crippen LogP contribution in [-0.2, 0) is 24.2 Å². The van der Waals surface area contributed by atoms with Gasteiger partial charge in [-0.1, -0.05) is 11.8 Å². The first kappa shape index (κ1) is 25.2. The molecular weight excluding hydrogens is 456 g/mol. The van der Waals surface area contributed by atoms with Crippen molar-refractivity contribution in [2.24, 2.45) is 0 Å². The molecule has 2 aromatic heterocycles. The van der Waals surface area contributed by atoms with Gasteiger partial charge in [0.25, 0.3) is 5.56 Å². The van der Waals surface area contributed by atoms with Crippen LogP contribution in [0, 0.1) is 22.7 Å². The molecule has 3 rings (SSSR count). The van der Waals surface area contributed by atoms with Gasteiger partial charge in [-0.3, -0.25) is 14.2 Å². The van der Waals surface area contributed by atoms with E-state index in [1.54, 1.807) is 20.8 Å². The lowest BCUT2D eigenvalue weighted by atomic mass is 9.97. The number of fused-ring (bicyclic) bond motifs is 3. The quantitative estimate of drug-likeness (QED) is 0.355. The predicted octanol–water partition coefficient (Wildman–Crippen LogP) is 3.04. The van der Waals surface area contributed by atoms with Crippen molar-refractivity contribution in [3.8, 4) is 12.1 Å². The number of nitriles is 2. The number of hydrogen-bond acceptors (Lipinski definition) is 8. The second-order valence-corrected chi connectivity index (χ2v) is 10.4. The van der Waals surface area contributed by atoms with Gasteiger partial charge in [0.15, 0.2) is 5.16 Å². The van der Waals surface area contributed by atoms with Gasteiger partial charge in [-0.25, -0.2) is 4.98 Å². The van der Waals surface area contributed by atoms with Crippen LogP contribution >= 0.6 is 23.1 Å². The second-order valence-electron chi connectivity index (χ2n) is 8.38. The van der Waals surface area contributed by atoms with Crippen molar-refractivity contribution in [2.45, 2.75) is 56.6 Å². The SMILES string of the molecule is CN(C)CCCn1c(SCC(=O)N(CCC#N)CCC#N)nc2sc3c(c2c1=O)CCCC3. The zero-order valence-electron chi connectivity index (χ0n) is 19.3. The molecule has 0 atom stereocenters. The molecule has 33 heavy (non-hydrogen) atoms. The van der Waals surface area contributed by atoms with Crippen molar-refractivity contribution in [1.29, 1.82) is 10.5 Å². The van der Waals surface area contributed by atoms with Crippen LogP contribution in [-0.4, -0.2) is 64.7 Å². The Balaban J connectivity index is 1.88. The van der Waals surface area contributed by atoms with E-state index in [1.165, 1.54) is 22.2 Å². The van der Waals surface area contributed by atoms with Gasteiger partial charge in [0.2, 0.25) is 5.91 Å². The number of nitrogens with zero attached hydrogens (tertiary/aromatic N) is 6. The van der Waals surface area contributed by atoms with E-state index in [2.05, 4.69) is 17.0 Å². The average molecular weight is 487 g/mol. The van der Waals surface area contributed by atoms with Crippen LogP contribution in [0.5, 0.6) is 0 Å². The summed E-state index contributed by atoms with van der Waals surface area (Å²) in [6.07, 6.45) is 5.44. The van der Waals surface area contributed by atoms with Crippen molar-refractivity contribution in [3.63, 3.8) is 0 Å². The molecule has 176 valence electrons. The van der Waals surface area contributed by atoms with E-state index in [9.17, 15) is 9.59 Å². The Bertz CT molecular complexity index is 1110. The maximum absolute atomic E-state index is 13.6. The Morgan fingerprint density at radius 1 is 1.15 bits per heavy atom. The van der Waals surface area contributed by atoms with E-state index in [0.29, 0.717) is 24.8 Å². The number of amides is 1. The number of hydrogen-bond donors (Lipinski definition) is 0. The number of carbonyl (C=O) groups excluding carboxylic acids is 1. The maximum atomic E-state index is 13.6. The molecule has 0 bridgehead atoms. The molecule has 2 aromatic rings. The van der Waals surface area contributed by atoms with Crippen LogP contribution in [0.15, 0.2) is 9.95 Å². The van der Waals surface area contributed by atoms with E-state index in [-0.39, 0.29) is 30.1 Å². The van der Waals surface area contributed by atoms with E-state index in [0.717, 1.165) is 48.9 Å². The zero-order chi connectivity index (χ0) is 23.8. The highest BCUT2D eigenvalue weighted by Gasteiger charge is 2.23. The minimum absolute atomic E-state index is 0.000998. The van der Waals surface area contributed by atoms with Gasteiger partial charge in [-0.05, 0) is 58.3 Å². The third kappa shape index (κ3) is 6.35. The Hall–Kier alpha value is -2.40. The van der Waals surface area contributed by atoms with Gasteiger partial charge in [0, 0.05) is 24.5 Å². The van der Waals surface area contributed by atoms with E-state index >= 15 is 0 Å². The van der Waals surface area contributed by atoms with Crippen molar-refractivity contribution in [3.05, 3.63) is 20.8 Å². The molecule has 10 heteroatoms. The van der Waals surface area contributed by atoms with Crippen molar-refractivity contribution in [1.82, 2.24) is 19.4 Å². The molecule has 1 aliphatic carbocycles. The highest BCUT2D eigenvalue weighted by molar-refractivity contribution is 7.99. The number of rotatable bonds is 11. The van der Waals surface area contributed by atoms with Gasteiger partial charge < -0.3 is 9.80 Å². The van der Waals surface area contributed by atoms with Crippen LogP contribution in [0.4, 0.5) is 0 Å². The van der Waals surface area contributed by atoms with Gasteiger partial charge >= 0.3 is 0 Å². The molecule has 0 radical (unpaired) electrons. The van der Waals surface area contributed by atoms with E-state index in [4.69, 9.17) is 15.5 Å². The first-order valence-corrected chi connectivity index (χ1v) is 13.1. The molecule has 0 N–H and O–H groups in total. The normalized spacial score (nSPS) is 13.0. The van der Waals surface area contributed by atoms with Gasteiger partial charge in [0.1, 0.15) is 4.83 Å². The number of thioether (sulfide) groups is 1. The monoisotopic (exact) mass is 486 g/mol. The minimum Gasteiger partial charge on any atom is -0.340 e. The molecule has 2 heterocycles. The summed E-state index contributed by atoms with van der Waals surface area (Å²) in [5.41, 5.74) is 1.17. The zero-order valence-corrected chi connectivity index (χ0v) is 20.9. The van der Waals surface area contributed by atoms with Crippen LogP contribution in [0.2, 0.25) is 0 Å². The highest BCUT2D eigenvalue weighted by atomic mass is 32.2. The minimum atomic E-state index is -0.148. The Kier molecular flexibility index (Phi) is 9.30. The molecular formula is C23H30N6O2S2. The second kappa shape index (κ2) is 12.2. The summed E-state index contributed by atoms with van der Waals surface area (Å²) in [5, 5.41) is 19.1. The summed E-state index contributed by atoms with van der Waals surface area (Å²) >= 11 is 2.89. The standard InChI is InChI=1S/C23H30N6O2S2/c1-27(2)12-7-15-29-22(31)20-17-8-3-4-9-18(17)33-21(20)26-23(29)32-16-19(30)28(13-5-10-24)14-6-11-25/h3-9,12-16H2,1-2H3. The fourth-order valence-corrected chi connectivity index (χ4v) is 6.25. The lowest BCUT2D eigenvalue weighted by molar-refractivity contribution is -0.128. The van der Waals surface area contributed by atoms with Crippen molar-refractivity contribution >= 4 is 39.2 Å². The average Bonchev–Trinajstić information content (AvgIpc) is 3.17. The number of thiophene rings is 1. The van der Waals surface area contributed by atoms with Crippen LogP contribution in [0.1, 0.15) is 42.5 Å². The fourth-order valence-electron chi connectivity index (χ4n) is 4.02. The van der Waals surface area contributed by atoms with Crippen LogP contribution in [0.25, 0.3) is 10.2 Å². The molecule has 0 aromatic carbocycles. The molecule has 0 spiro atoms. The molecule has 0 fully saturated rings. The van der Waals surface area contributed by atoms with Crippen molar-refractivity contribution < 1.29 is 4.79 Å². The first-order chi connectivity index (χ1) is 16.0. The lowest BCUT2D eigenvalue weighted by Crippen LogP contribution is -2.34. The summed E-state index contributed by atoms with van der Waals surface area (Å²) in [4.78, 5) is 36.9. The predicted molar refractivity (Wildman–Crippen MR) is 131 cm³/mol. The molecule has 0 unspecified atom stereocenters. The molecule has 0 saturated heterocycles. The first-order valence-electron chi connectivity index (χ1n) is 11.3. The molecule has 1 amide bonds. The fraction of sp³-hybridized carbons (Fsp3) is 0.609. The number of aromatic nitrogens is 2. The Labute approximate surface area is 202 Å². The molecule has 0 saturated carbocycles. The lowest BCUT2D eigenvalue weighted by Gasteiger charge is -2.20. The largest absolute Gasteiger partial charge is 0.340 e. The van der Waals surface area contributed by atoms with Gasteiger partial charge in [-0.15, -0.1) is 11.3 Å². The summed E-state index contributed by atoms with van der Waals surface area (Å²) in [7, 11) is 4.01. The third-order valence-electron chi connectivity index (χ3n) is 5.69. The van der Waals surface area contributed by atoms with Crippen LogP contribution < -0.4 is 5.56 Å². The van der Waals surface area contributed by atoms with Gasteiger partial charge in [-0.2, -0.15) is 10.5 Å². The summed E-state index contributed by atoms with van der Waals surface area (Å²) in [5.74, 6) is -0.0294. The maximum Gasteiger partial charge on any atom is 0.263 e. The van der Waals surface area contributed by atoms with Gasteiger partial charge in [0.05, 0.1) is 36.1 Å². The summed E-state index contributed by atoms with van der Waals surface area (Å²) < 4.78 is 1.74. The van der Waals surface area contributed by atoms with Crippen LogP contribution in [0.3, 0.4) is 0 Å². The smallest absolute Gasteiger partial charge is 0.263 e. The van der Waals surface area contributed by atoms with E-state index < -0.39 is 0 Å². The molecule has 8 nitrogen and oxygen atoms in total. The summed E-state index contributed by atoms with van der Waals surface area (Å²) in [6, 6.07) is 4.10. The number of carbonyl (C=O) groups is 1. The highest BCUT2D eigenvalue weighted by Crippen LogP contribution is 2.34. The topological polar surface area (TPSA) is 106 Å². The summed E-state index contributed by atoms with van der Waals surface area (Å²) in [6.45, 7) is 2.01. The number of aryl methyl sites for hydroxylation is 2.